The van der Waals surface area contributed by atoms with Crippen molar-refractivity contribution in [3.8, 4) is 0 Å². The Hall–Kier alpha value is -0.610. The Morgan fingerprint density at radius 1 is 1.44 bits per heavy atom. The molecule has 4 heteroatoms. The van der Waals surface area contributed by atoms with E-state index >= 15 is 0 Å². The highest BCUT2D eigenvalue weighted by molar-refractivity contribution is 5.73. The van der Waals surface area contributed by atoms with Crippen molar-refractivity contribution >= 4 is 5.91 Å². The number of rotatable bonds is 3. The molecule has 2 N–H and O–H groups in total. The third-order valence-corrected chi connectivity index (χ3v) is 3.73. The monoisotopic (exact) mass is 225 g/mol. The van der Waals surface area contributed by atoms with Crippen molar-refractivity contribution in [2.75, 3.05) is 26.2 Å². The summed E-state index contributed by atoms with van der Waals surface area (Å²) >= 11 is 0. The zero-order valence-corrected chi connectivity index (χ0v) is 10.2. The van der Waals surface area contributed by atoms with Gasteiger partial charge in [-0.2, -0.15) is 0 Å². The molecule has 0 aromatic carbocycles. The number of hydrogen-bond donors (Lipinski definition) is 2. The van der Waals surface area contributed by atoms with Gasteiger partial charge in [-0.15, -0.1) is 0 Å². The van der Waals surface area contributed by atoms with E-state index in [1.54, 1.807) is 6.92 Å². The molecule has 0 aliphatic carbocycles. The summed E-state index contributed by atoms with van der Waals surface area (Å²) in [6, 6.07) is 1.03. The third-order valence-electron chi connectivity index (χ3n) is 3.73. The molecule has 2 aliphatic heterocycles. The van der Waals surface area contributed by atoms with Gasteiger partial charge in [0.15, 0.2) is 0 Å². The van der Waals surface area contributed by atoms with Crippen molar-refractivity contribution in [3.63, 3.8) is 0 Å². The number of amides is 1. The topological polar surface area (TPSA) is 44.4 Å². The summed E-state index contributed by atoms with van der Waals surface area (Å²) in [6.07, 6.45) is 4.81. The standard InChI is InChI=1S/C12H23N3O/c1-10(16)15-7-3-2-4-12(15)9-14-11-5-6-13-8-11/h11-14H,2-9H2,1H3. The van der Waals surface area contributed by atoms with Crippen molar-refractivity contribution in [1.82, 2.24) is 15.5 Å². The summed E-state index contributed by atoms with van der Waals surface area (Å²) in [5.41, 5.74) is 0. The lowest BCUT2D eigenvalue weighted by atomic mass is 10.0. The first-order valence-electron chi connectivity index (χ1n) is 6.48. The maximum Gasteiger partial charge on any atom is 0.219 e. The highest BCUT2D eigenvalue weighted by Gasteiger charge is 2.25. The van der Waals surface area contributed by atoms with Gasteiger partial charge in [-0.25, -0.2) is 0 Å². The van der Waals surface area contributed by atoms with E-state index in [-0.39, 0.29) is 5.91 Å². The maximum atomic E-state index is 11.5. The smallest absolute Gasteiger partial charge is 0.219 e. The van der Waals surface area contributed by atoms with Crippen LogP contribution < -0.4 is 10.6 Å². The van der Waals surface area contributed by atoms with Gasteiger partial charge in [-0.1, -0.05) is 0 Å². The largest absolute Gasteiger partial charge is 0.339 e. The van der Waals surface area contributed by atoms with E-state index in [1.165, 1.54) is 19.3 Å². The number of carbonyl (C=O) groups excluding carboxylic acids is 1. The van der Waals surface area contributed by atoms with E-state index in [0.29, 0.717) is 12.1 Å². The average molecular weight is 225 g/mol. The molecule has 16 heavy (non-hydrogen) atoms. The Kier molecular flexibility index (Phi) is 4.18. The molecule has 0 aromatic heterocycles. The molecule has 0 saturated carbocycles. The van der Waals surface area contributed by atoms with Crippen molar-refractivity contribution in [2.24, 2.45) is 0 Å². The van der Waals surface area contributed by atoms with Gasteiger partial charge in [0.1, 0.15) is 0 Å². The predicted molar refractivity (Wildman–Crippen MR) is 64.3 cm³/mol. The van der Waals surface area contributed by atoms with Crippen molar-refractivity contribution < 1.29 is 4.79 Å². The average Bonchev–Trinajstić information content (AvgIpc) is 2.79. The fourth-order valence-electron chi connectivity index (χ4n) is 2.76. The van der Waals surface area contributed by atoms with Crippen molar-refractivity contribution in [1.29, 1.82) is 0 Å². The lowest BCUT2D eigenvalue weighted by Gasteiger charge is -2.35. The molecule has 2 unspecified atom stereocenters. The third kappa shape index (κ3) is 2.95. The molecular weight excluding hydrogens is 202 g/mol. The van der Waals surface area contributed by atoms with E-state index in [4.69, 9.17) is 0 Å². The van der Waals surface area contributed by atoms with Crippen LogP contribution in [0.2, 0.25) is 0 Å². The number of likely N-dealkylation sites (tertiary alicyclic amines) is 1. The van der Waals surface area contributed by atoms with Gasteiger partial charge < -0.3 is 15.5 Å². The number of carbonyl (C=O) groups is 1. The first-order chi connectivity index (χ1) is 7.77. The maximum absolute atomic E-state index is 11.5. The van der Waals surface area contributed by atoms with E-state index in [0.717, 1.165) is 32.6 Å². The second-order valence-corrected chi connectivity index (χ2v) is 4.96. The summed E-state index contributed by atoms with van der Waals surface area (Å²) in [4.78, 5) is 13.5. The van der Waals surface area contributed by atoms with Crippen LogP contribution in [0, 0.1) is 0 Å². The number of nitrogens with zero attached hydrogens (tertiary/aromatic N) is 1. The quantitative estimate of drug-likeness (QED) is 0.728. The zero-order chi connectivity index (χ0) is 11.4. The molecular formula is C12H23N3O. The van der Waals surface area contributed by atoms with Gasteiger partial charge in [0.25, 0.3) is 0 Å². The van der Waals surface area contributed by atoms with Crippen LogP contribution in [-0.4, -0.2) is 49.1 Å². The summed E-state index contributed by atoms with van der Waals surface area (Å²) in [6.45, 7) is 5.80. The molecule has 2 rings (SSSR count). The number of hydrogen-bond acceptors (Lipinski definition) is 3. The molecule has 2 heterocycles. The zero-order valence-electron chi connectivity index (χ0n) is 10.2. The highest BCUT2D eigenvalue weighted by Crippen LogP contribution is 2.16. The van der Waals surface area contributed by atoms with Gasteiger partial charge in [0, 0.05) is 38.6 Å². The van der Waals surface area contributed by atoms with Crippen molar-refractivity contribution in [3.05, 3.63) is 0 Å². The second kappa shape index (κ2) is 5.64. The number of nitrogens with one attached hydrogen (secondary N) is 2. The molecule has 1 amide bonds. The fraction of sp³-hybridized carbons (Fsp3) is 0.917. The Labute approximate surface area is 97.8 Å². The Balaban J connectivity index is 1.78. The minimum atomic E-state index is 0.232. The molecule has 0 spiro atoms. The molecule has 0 radical (unpaired) electrons. The summed E-state index contributed by atoms with van der Waals surface area (Å²) < 4.78 is 0. The summed E-state index contributed by atoms with van der Waals surface area (Å²) in [7, 11) is 0. The predicted octanol–water partition coefficient (Wildman–Crippen LogP) is 0.339. The Morgan fingerprint density at radius 3 is 3.00 bits per heavy atom. The molecule has 2 atom stereocenters. The summed E-state index contributed by atoms with van der Waals surface area (Å²) in [5, 5.41) is 6.93. The normalized spacial score (nSPS) is 30.7. The van der Waals surface area contributed by atoms with Crippen LogP contribution >= 0.6 is 0 Å². The molecule has 2 fully saturated rings. The van der Waals surface area contributed by atoms with E-state index in [9.17, 15) is 4.79 Å². The van der Waals surface area contributed by atoms with Gasteiger partial charge in [0.2, 0.25) is 5.91 Å². The van der Waals surface area contributed by atoms with Crippen LogP contribution in [0.25, 0.3) is 0 Å². The molecule has 4 nitrogen and oxygen atoms in total. The lowest BCUT2D eigenvalue weighted by molar-refractivity contribution is -0.132. The minimum Gasteiger partial charge on any atom is -0.339 e. The lowest BCUT2D eigenvalue weighted by Crippen LogP contribution is -2.49. The first kappa shape index (κ1) is 11.9. The van der Waals surface area contributed by atoms with Crippen LogP contribution in [-0.2, 0) is 4.79 Å². The second-order valence-electron chi connectivity index (χ2n) is 4.96. The van der Waals surface area contributed by atoms with E-state index in [2.05, 4.69) is 10.6 Å². The van der Waals surface area contributed by atoms with Gasteiger partial charge in [-0.05, 0) is 32.2 Å². The van der Waals surface area contributed by atoms with Gasteiger partial charge in [-0.3, -0.25) is 4.79 Å². The fourth-order valence-corrected chi connectivity index (χ4v) is 2.76. The minimum absolute atomic E-state index is 0.232. The Morgan fingerprint density at radius 2 is 2.31 bits per heavy atom. The van der Waals surface area contributed by atoms with Crippen LogP contribution in [0.1, 0.15) is 32.6 Å². The summed E-state index contributed by atoms with van der Waals surface area (Å²) in [5.74, 6) is 0.232. The van der Waals surface area contributed by atoms with Crippen LogP contribution in [0.4, 0.5) is 0 Å². The number of piperidine rings is 1. The van der Waals surface area contributed by atoms with Crippen LogP contribution in [0.5, 0.6) is 0 Å². The van der Waals surface area contributed by atoms with Gasteiger partial charge >= 0.3 is 0 Å². The molecule has 0 aromatic rings. The molecule has 2 saturated heterocycles. The molecule has 92 valence electrons. The first-order valence-corrected chi connectivity index (χ1v) is 6.48. The highest BCUT2D eigenvalue weighted by atomic mass is 16.2. The van der Waals surface area contributed by atoms with Gasteiger partial charge in [0.05, 0.1) is 0 Å². The Bertz CT molecular complexity index is 238. The van der Waals surface area contributed by atoms with Crippen molar-refractivity contribution in [2.45, 2.75) is 44.7 Å². The van der Waals surface area contributed by atoms with Crippen LogP contribution in [0.15, 0.2) is 0 Å². The molecule has 0 bridgehead atoms. The van der Waals surface area contributed by atoms with E-state index < -0.39 is 0 Å². The SMILES string of the molecule is CC(=O)N1CCCCC1CNC1CCNC1. The molecule has 2 aliphatic rings. The van der Waals surface area contributed by atoms with E-state index in [1.807, 2.05) is 4.90 Å². The van der Waals surface area contributed by atoms with Crippen LogP contribution in [0.3, 0.4) is 0 Å².